The molecule has 0 radical (unpaired) electrons. The number of aliphatic hydroxyl groups excluding tert-OH is 4. The zero-order chi connectivity index (χ0) is 31.3. The number of rotatable bonds is 7. The van der Waals surface area contributed by atoms with Crippen molar-refractivity contribution in [1.82, 2.24) is 0 Å². The van der Waals surface area contributed by atoms with Crippen LogP contribution in [0.2, 0.25) is 0 Å². The molecule has 8 heteroatoms. The highest BCUT2D eigenvalue weighted by atomic mass is 16.7. The summed E-state index contributed by atoms with van der Waals surface area (Å²) in [4.78, 5) is 13.2. The lowest BCUT2D eigenvalue weighted by atomic mass is 9.41. The van der Waals surface area contributed by atoms with Gasteiger partial charge in [-0.3, -0.25) is 4.79 Å². The summed E-state index contributed by atoms with van der Waals surface area (Å²) in [7, 11) is 0. The Kier molecular flexibility index (Phi) is 7.79. The van der Waals surface area contributed by atoms with Gasteiger partial charge < -0.3 is 35.0 Å². The lowest BCUT2D eigenvalue weighted by Crippen LogP contribution is -2.65. The fourth-order valence-corrected chi connectivity index (χ4v) is 12.4. The minimum atomic E-state index is -1.51. The molecule has 5 N–H and O–H groups in total. The van der Waals surface area contributed by atoms with E-state index in [4.69, 9.17) is 9.47 Å². The molecule has 1 aliphatic heterocycles. The Morgan fingerprint density at radius 2 is 1.67 bits per heavy atom. The first-order valence-corrected chi connectivity index (χ1v) is 17.0. The van der Waals surface area contributed by atoms with E-state index in [0.717, 1.165) is 38.5 Å². The molecule has 5 aliphatic carbocycles. The summed E-state index contributed by atoms with van der Waals surface area (Å²) in [5.41, 5.74) is 0.0200. The van der Waals surface area contributed by atoms with Crippen molar-refractivity contribution >= 4 is 5.97 Å². The minimum absolute atomic E-state index is 0.0490. The van der Waals surface area contributed by atoms with Crippen molar-refractivity contribution in [3.05, 3.63) is 11.6 Å². The maximum atomic E-state index is 13.2. The molecule has 0 aromatic heterocycles. The summed E-state index contributed by atoms with van der Waals surface area (Å²) in [5.74, 6) is 0.605. The standard InChI is InChI=1S/C35H56O8/c1-19(2)8-7-9-20(3)21-12-13-32(5)23-10-11-24-33(6,30(40)41)26(43-29-28(39)27(38)22(36)17-42-29)16-25(37)35(24)18-34(23,35)15-14-31(21,32)4/h8,20-29,36-39H,7,9-18H2,1-6H3,(H,40,41)/t20-,21-,22-,23+,24+,25+,26+,27+,28-,29+,31-,32+,33+,34+,35-/m1/s1. The quantitative estimate of drug-likeness (QED) is 0.209. The predicted octanol–water partition coefficient (Wildman–Crippen LogP) is 4.67. The Labute approximate surface area is 257 Å². The summed E-state index contributed by atoms with van der Waals surface area (Å²) < 4.78 is 11.7. The van der Waals surface area contributed by atoms with E-state index in [1.54, 1.807) is 6.92 Å². The van der Waals surface area contributed by atoms with E-state index in [1.807, 2.05) is 0 Å². The summed E-state index contributed by atoms with van der Waals surface area (Å²) in [6.07, 6.45) is 5.02. The molecular formula is C35H56O8. The molecular weight excluding hydrogens is 548 g/mol. The highest BCUT2D eigenvalue weighted by Gasteiger charge is 2.86. The molecule has 0 aromatic rings. The van der Waals surface area contributed by atoms with Gasteiger partial charge in [0.15, 0.2) is 6.29 Å². The Bertz CT molecular complexity index is 1140. The Morgan fingerprint density at radius 1 is 0.977 bits per heavy atom. The third-order valence-electron chi connectivity index (χ3n) is 14.9. The van der Waals surface area contributed by atoms with Crippen molar-refractivity contribution in [2.24, 2.45) is 50.7 Å². The first-order valence-electron chi connectivity index (χ1n) is 17.0. The van der Waals surface area contributed by atoms with E-state index >= 15 is 0 Å². The summed E-state index contributed by atoms with van der Waals surface area (Å²) in [5, 5.41) is 53.5. The zero-order valence-electron chi connectivity index (χ0n) is 27.1. The van der Waals surface area contributed by atoms with Crippen LogP contribution in [0, 0.1) is 50.7 Å². The van der Waals surface area contributed by atoms with Crippen LogP contribution in [-0.4, -0.2) is 74.9 Å². The van der Waals surface area contributed by atoms with Crippen LogP contribution in [0.25, 0.3) is 0 Å². The van der Waals surface area contributed by atoms with Crippen molar-refractivity contribution < 1.29 is 39.8 Å². The van der Waals surface area contributed by atoms with Crippen molar-refractivity contribution in [2.75, 3.05) is 6.61 Å². The van der Waals surface area contributed by atoms with Crippen LogP contribution in [0.4, 0.5) is 0 Å². The second-order valence-corrected chi connectivity index (χ2v) is 16.6. The topological polar surface area (TPSA) is 137 Å². The number of hydrogen-bond acceptors (Lipinski definition) is 7. The van der Waals surface area contributed by atoms with Crippen LogP contribution in [0.3, 0.4) is 0 Å². The molecule has 8 nitrogen and oxygen atoms in total. The van der Waals surface area contributed by atoms with Crippen molar-refractivity contribution in [3.63, 3.8) is 0 Å². The fraction of sp³-hybridized carbons (Fsp3) is 0.914. The number of aliphatic hydroxyl groups is 4. The molecule has 0 aromatic carbocycles. The molecule has 1 saturated heterocycles. The van der Waals surface area contributed by atoms with Gasteiger partial charge in [-0.1, -0.05) is 32.4 Å². The first-order chi connectivity index (χ1) is 20.1. The molecule has 1 heterocycles. The molecule has 0 unspecified atom stereocenters. The Balaban J connectivity index is 1.27. The van der Waals surface area contributed by atoms with Gasteiger partial charge in [-0.05, 0) is 118 Å². The van der Waals surface area contributed by atoms with Gasteiger partial charge >= 0.3 is 5.97 Å². The van der Waals surface area contributed by atoms with E-state index in [-0.39, 0.29) is 35.2 Å². The molecule has 0 bridgehead atoms. The van der Waals surface area contributed by atoms with Crippen LogP contribution in [-0.2, 0) is 14.3 Å². The molecule has 6 aliphatic rings. The molecule has 0 amide bonds. The van der Waals surface area contributed by atoms with Gasteiger partial charge in [0.05, 0.1) is 24.2 Å². The number of fused-ring (bicyclic) bond motifs is 2. The molecule has 244 valence electrons. The second kappa shape index (κ2) is 10.5. The smallest absolute Gasteiger partial charge is 0.312 e. The predicted molar refractivity (Wildman–Crippen MR) is 161 cm³/mol. The second-order valence-electron chi connectivity index (χ2n) is 16.6. The van der Waals surface area contributed by atoms with E-state index in [2.05, 4.69) is 40.7 Å². The van der Waals surface area contributed by atoms with E-state index in [0.29, 0.717) is 17.8 Å². The largest absolute Gasteiger partial charge is 0.481 e. The molecule has 43 heavy (non-hydrogen) atoms. The lowest BCUT2D eigenvalue weighted by molar-refractivity contribution is -0.309. The molecule has 6 rings (SSSR count). The lowest BCUT2D eigenvalue weighted by Gasteiger charge is -2.64. The van der Waals surface area contributed by atoms with Crippen LogP contribution < -0.4 is 0 Å². The Hall–Kier alpha value is -1.03. The summed E-state index contributed by atoms with van der Waals surface area (Å²) in [6, 6.07) is 0. The zero-order valence-corrected chi connectivity index (χ0v) is 27.1. The minimum Gasteiger partial charge on any atom is -0.481 e. The van der Waals surface area contributed by atoms with Crippen LogP contribution >= 0.6 is 0 Å². The fourth-order valence-electron chi connectivity index (χ4n) is 12.4. The highest BCUT2D eigenvalue weighted by molar-refractivity contribution is 5.76. The van der Waals surface area contributed by atoms with E-state index < -0.39 is 53.6 Å². The monoisotopic (exact) mass is 604 g/mol. The van der Waals surface area contributed by atoms with Crippen molar-refractivity contribution in [1.29, 1.82) is 0 Å². The number of aliphatic carboxylic acids is 1. The number of ether oxygens (including phenoxy) is 2. The summed E-state index contributed by atoms with van der Waals surface area (Å²) >= 11 is 0. The first kappa shape index (κ1) is 31.9. The number of carbonyl (C=O) groups is 1. The van der Waals surface area contributed by atoms with Gasteiger partial charge in [-0.2, -0.15) is 0 Å². The molecule has 15 atom stereocenters. The third-order valence-corrected chi connectivity index (χ3v) is 14.9. The normalized spacial score (nSPS) is 54.4. The molecule has 6 fully saturated rings. The molecule has 5 saturated carbocycles. The number of hydrogen-bond donors (Lipinski definition) is 5. The van der Waals surface area contributed by atoms with Gasteiger partial charge in [-0.15, -0.1) is 0 Å². The highest BCUT2D eigenvalue weighted by Crippen LogP contribution is 2.89. The van der Waals surface area contributed by atoms with Gasteiger partial charge in [0, 0.05) is 11.8 Å². The number of carboxylic acid groups (broad SMARTS) is 1. The Morgan fingerprint density at radius 3 is 2.35 bits per heavy atom. The SMILES string of the molecule is CC(C)=CCC[C@@H](C)[C@H]1CC[C@@]2(C)[C@@H]3CC[C@H]4[C@](C)(C(=O)O)[C@@H](O[C@@H]5OC[C@@H](O)[C@H](O)[C@H]5O)C[C@H](O)[C@@]45C[C@@]35CC[C@]12C. The maximum Gasteiger partial charge on any atom is 0.312 e. The van der Waals surface area contributed by atoms with Crippen LogP contribution in [0.15, 0.2) is 11.6 Å². The summed E-state index contributed by atoms with van der Waals surface area (Å²) in [6.45, 7) is 13.4. The average molecular weight is 605 g/mol. The van der Waals surface area contributed by atoms with Crippen LogP contribution in [0.5, 0.6) is 0 Å². The van der Waals surface area contributed by atoms with E-state index in [1.165, 1.54) is 24.8 Å². The number of allylic oxidation sites excluding steroid dienone is 2. The van der Waals surface area contributed by atoms with Gasteiger partial charge in [0.2, 0.25) is 0 Å². The maximum absolute atomic E-state index is 13.2. The van der Waals surface area contributed by atoms with Crippen molar-refractivity contribution in [2.45, 2.75) is 143 Å². The van der Waals surface area contributed by atoms with Gasteiger partial charge in [0.1, 0.15) is 18.3 Å². The number of carboxylic acids is 1. The van der Waals surface area contributed by atoms with Gasteiger partial charge in [0.25, 0.3) is 0 Å². The van der Waals surface area contributed by atoms with Crippen LogP contribution in [0.1, 0.15) is 106 Å². The van der Waals surface area contributed by atoms with Crippen molar-refractivity contribution in [3.8, 4) is 0 Å². The van der Waals surface area contributed by atoms with Gasteiger partial charge in [-0.25, -0.2) is 0 Å². The molecule has 2 spiro atoms. The average Bonchev–Trinajstić information content (AvgIpc) is 3.56. The van der Waals surface area contributed by atoms with E-state index in [9.17, 15) is 30.3 Å². The third kappa shape index (κ3) is 4.18.